The van der Waals surface area contributed by atoms with Crippen LogP contribution < -0.4 is 4.72 Å². The van der Waals surface area contributed by atoms with E-state index in [0.717, 1.165) is 0 Å². The van der Waals surface area contributed by atoms with Crippen molar-refractivity contribution in [3.63, 3.8) is 0 Å². The molecule has 0 bridgehead atoms. The minimum atomic E-state index is -3.50. The van der Waals surface area contributed by atoms with E-state index in [4.69, 9.17) is 0 Å². The molecule has 0 aliphatic heterocycles. The second-order valence-electron chi connectivity index (χ2n) is 6.25. The summed E-state index contributed by atoms with van der Waals surface area (Å²) in [5.41, 5.74) is 0.705. The number of benzene rings is 1. The quantitative estimate of drug-likeness (QED) is 0.813. The first-order chi connectivity index (χ1) is 9.65. The summed E-state index contributed by atoms with van der Waals surface area (Å²) < 4.78 is 27.3. The molecule has 1 aromatic carbocycles. The number of sulfonamides is 1. The highest BCUT2D eigenvalue weighted by molar-refractivity contribution is 7.89. The summed E-state index contributed by atoms with van der Waals surface area (Å²) in [6.07, 6.45) is -0.596. The van der Waals surface area contributed by atoms with Crippen LogP contribution in [0.4, 0.5) is 0 Å². The van der Waals surface area contributed by atoms with Crippen molar-refractivity contribution in [3.8, 4) is 0 Å². The van der Waals surface area contributed by atoms with Gasteiger partial charge in [0.05, 0.1) is 11.0 Å². The lowest BCUT2D eigenvalue weighted by Crippen LogP contribution is -2.33. The molecule has 5 heteroatoms. The van der Waals surface area contributed by atoms with Crippen LogP contribution in [0.3, 0.4) is 0 Å². The van der Waals surface area contributed by atoms with Crippen LogP contribution in [-0.2, 0) is 10.0 Å². The van der Waals surface area contributed by atoms with Gasteiger partial charge in [0, 0.05) is 6.54 Å². The lowest BCUT2D eigenvalue weighted by Gasteiger charge is -2.25. The molecule has 2 N–H and O–H groups in total. The second-order valence-corrected chi connectivity index (χ2v) is 8.02. The summed E-state index contributed by atoms with van der Waals surface area (Å²) in [6.45, 7) is 10.5. The average Bonchev–Trinajstić information content (AvgIpc) is 2.38. The van der Waals surface area contributed by atoms with Gasteiger partial charge in [-0.25, -0.2) is 13.1 Å². The molecule has 1 unspecified atom stereocenters. The van der Waals surface area contributed by atoms with Crippen molar-refractivity contribution in [2.24, 2.45) is 17.8 Å². The summed E-state index contributed by atoms with van der Waals surface area (Å²) in [7, 11) is -3.50. The van der Waals surface area contributed by atoms with E-state index in [0.29, 0.717) is 29.9 Å². The maximum absolute atomic E-state index is 12.3. The van der Waals surface area contributed by atoms with Crippen molar-refractivity contribution in [2.45, 2.75) is 45.6 Å². The highest BCUT2D eigenvalue weighted by Gasteiger charge is 2.21. The van der Waals surface area contributed by atoms with Crippen molar-refractivity contribution >= 4 is 10.0 Å². The molecule has 21 heavy (non-hydrogen) atoms. The van der Waals surface area contributed by atoms with E-state index in [9.17, 15) is 13.5 Å². The maximum atomic E-state index is 12.3. The molecule has 0 heterocycles. The fraction of sp³-hybridized carbons (Fsp3) is 0.625. The van der Waals surface area contributed by atoms with Gasteiger partial charge in [0.1, 0.15) is 0 Å². The Morgan fingerprint density at radius 2 is 1.48 bits per heavy atom. The monoisotopic (exact) mass is 313 g/mol. The third-order valence-corrected chi connectivity index (χ3v) is 5.33. The summed E-state index contributed by atoms with van der Waals surface area (Å²) in [4.78, 5) is 0.234. The van der Waals surface area contributed by atoms with Crippen LogP contribution in [0, 0.1) is 17.8 Å². The van der Waals surface area contributed by atoms with E-state index in [1.807, 2.05) is 0 Å². The fourth-order valence-electron chi connectivity index (χ4n) is 2.46. The van der Waals surface area contributed by atoms with Crippen molar-refractivity contribution in [1.82, 2.24) is 4.72 Å². The van der Waals surface area contributed by atoms with Crippen molar-refractivity contribution in [2.75, 3.05) is 6.54 Å². The molecule has 1 atom stereocenters. The van der Waals surface area contributed by atoms with Gasteiger partial charge in [-0.1, -0.05) is 39.8 Å². The predicted octanol–water partition coefficient (Wildman–Crippen LogP) is 2.95. The highest BCUT2D eigenvalue weighted by Crippen LogP contribution is 2.21. The number of aliphatic hydroxyl groups excluding tert-OH is 1. The molecule has 0 amide bonds. The molecule has 4 nitrogen and oxygen atoms in total. The van der Waals surface area contributed by atoms with Gasteiger partial charge >= 0.3 is 0 Å². The summed E-state index contributed by atoms with van der Waals surface area (Å²) in [5, 5.41) is 9.45. The fourth-order valence-corrected chi connectivity index (χ4v) is 3.53. The Hall–Kier alpha value is -0.910. The molecular formula is C16H27NO3S. The Balaban J connectivity index is 2.82. The first-order valence-electron chi connectivity index (χ1n) is 7.43. The minimum absolute atomic E-state index is 0.234. The van der Waals surface area contributed by atoms with Gasteiger partial charge in [-0.05, 0) is 42.4 Å². The number of hydrogen-bond acceptors (Lipinski definition) is 3. The van der Waals surface area contributed by atoms with Crippen LogP contribution in [0.5, 0.6) is 0 Å². The molecule has 0 fully saturated rings. The van der Waals surface area contributed by atoms with Crippen LogP contribution in [0.2, 0.25) is 0 Å². The molecule has 0 aliphatic carbocycles. The van der Waals surface area contributed by atoms with Crippen molar-refractivity contribution < 1.29 is 13.5 Å². The summed E-state index contributed by atoms with van der Waals surface area (Å²) >= 11 is 0. The van der Waals surface area contributed by atoms with Crippen LogP contribution >= 0.6 is 0 Å². The molecule has 0 radical (unpaired) electrons. The zero-order valence-corrected chi connectivity index (χ0v) is 14.3. The van der Waals surface area contributed by atoms with Gasteiger partial charge in [0.25, 0.3) is 0 Å². The molecule has 0 spiro atoms. The summed E-state index contributed by atoms with van der Waals surface area (Å²) in [5.74, 6) is 1.15. The highest BCUT2D eigenvalue weighted by atomic mass is 32.2. The van der Waals surface area contributed by atoms with Gasteiger partial charge in [-0.3, -0.25) is 0 Å². The lowest BCUT2D eigenvalue weighted by molar-refractivity contribution is 0.199. The van der Waals surface area contributed by atoms with Crippen LogP contribution in [-0.4, -0.2) is 20.1 Å². The Morgan fingerprint density at radius 1 is 1.00 bits per heavy atom. The SMILES string of the molecule is CC(O)c1ccc(S(=O)(=O)NCC(C(C)C)C(C)C)cc1. The van der Waals surface area contributed by atoms with E-state index in [1.165, 1.54) is 12.1 Å². The summed E-state index contributed by atoms with van der Waals surface area (Å²) in [6, 6.07) is 6.34. The molecule has 120 valence electrons. The topological polar surface area (TPSA) is 66.4 Å². The predicted molar refractivity (Wildman–Crippen MR) is 85.4 cm³/mol. The molecular weight excluding hydrogens is 286 g/mol. The Labute approximate surface area is 128 Å². The van der Waals surface area contributed by atoms with Gasteiger partial charge in [-0.2, -0.15) is 0 Å². The molecule has 0 aliphatic rings. The number of rotatable bonds is 7. The first kappa shape index (κ1) is 18.1. The Morgan fingerprint density at radius 3 is 1.86 bits per heavy atom. The van der Waals surface area contributed by atoms with Crippen molar-refractivity contribution in [1.29, 1.82) is 0 Å². The normalized spacial score (nSPS) is 14.1. The zero-order valence-electron chi connectivity index (χ0n) is 13.5. The van der Waals surface area contributed by atoms with Gasteiger partial charge in [-0.15, -0.1) is 0 Å². The van der Waals surface area contributed by atoms with E-state index >= 15 is 0 Å². The second kappa shape index (κ2) is 7.38. The first-order valence-corrected chi connectivity index (χ1v) is 8.91. The van der Waals surface area contributed by atoms with Gasteiger partial charge in [0.2, 0.25) is 10.0 Å². The Kier molecular flexibility index (Phi) is 6.38. The number of hydrogen-bond donors (Lipinski definition) is 2. The average molecular weight is 313 g/mol. The van der Waals surface area contributed by atoms with Crippen LogP contribution in [0.15, 0.2) is 29.2 Å². The molecule has 0 aromatic heterocycles. The largest absolute Gasteiger partial charge is 0.389 e. The maximum Gasteiger partial charge on any atom is 0.240 e. The number of aliphatic hydroxyl groups is 1. The standard InChI is InChI=1S/C16H27NO3S/c1-11(2)16(12(3)4)10-17-21(19,20)15-8-6-14(7-9-15)13(5)18/h6-9,11-13,16-18H,10H2,1-5H3. The van der Waals surface area contributed by atoms with Crippen LogP contribution in [0.1, 0.15) is 46.3 Å². The third kappa shape index (κ3) is 5.09. The molecule has 0 saturated carbocycles. The van der Waals surface area contributed by atoms with Gasteiger partial charge < -0.3 is 5.11 Å². The third-order valence-electron chi connectivity index (χ3n) is 3.89. The molecule has 0 saturated heterocycles. The van der Waals surface area contributed by atoms with E-state index in [-0.39, 0.29) is 4.90 Å². The minimum Gasteiger partial charge on any atom is -0.389 e. The van der Waals surface area contributed by atoms with E-state index < -0.39 is 16.1 Å². The zero-order chi connectivity index (χ0) is 16.2. The lowest BCUT2D eigenvalue weighted by atomic mass is 9.86. The van der Waals surface area contributed by atoms with E-state index in [2.05, 4.69) is 32.4 Å². The number of nitrogens with one attached hydrogen (secondary N) is 1. The molecule has 1 aromatic rings. The van der Waals surface area contributed by atoms with Crippen LogP contribution in [0.25, 0.3) is 0 Å². The van der Waals surface area contributed by atoms with Gasteiger partial charge in [0.15, 0.2) is 0 Å². The van der Waals surface area contributed by atoms with E-state index in [1.54, 1.807) is 19.1 Å². The Bertz CT molecular complexity index is 525. The molecule has 1 rings (SSSR count). The smallest absolute Gasteiger partial charge is 0.240 e. The van der Waals surface area contributed by atoms with Crippen molar-refractivity contribution in [3.05, 3.63) is 29.8 Å².